The Kier molecular flexibility index (Phi) is 7.13. The first-order valence-corrected chi connectivity index (χ1v) is 7.95. The standard InChI is InChI=1S/C13H13Cl4F3N2O/c1-2-3-10(23)22-11(12(15,16)17)21-9-6-7(13(18,19)20)4-5-8(9)14/h4-6,11,21H,2-3H2,1H3,(H,22,23)/t11-/m1/s1. The Labute approximate surface area is 151 Å². The first kappa shape index (κ1) is 20.5. The fourth-order valence-electron chi connectivity index (χ4n) is 1.63. The van der Waals surface area contributed by atoms with Crippen molar-refractivity contribution in [3.05, 3.63) is 28.8 Å². The number of halogens is 7. The zero-order valence-corrected chi connectivity index (χ0v) is 14.8. The molecule has 1 amide bonds. The van der Waals surface area contributed by atoms with E-state index in [0.29, 0.717) is 6.42 Å². The molecule has 1 aromatic carbocycles. The van der Waals surface area contributed by atoms with E-state index in [-0.39, 0.29) is 17.1 Å². The smallest absolute Gasteiger partial charge is 0.361 e. The number of amides is 1. The zero-order chi connectivity index (χ0) is 17.8. The predicted molar refractivity (Wildman–Crippen MR) is 87.2 cm³/mol. The van der Waals surface area contributed by atoms with Gasteiger partial charge in [0.25, 0.3) is 0 Å². The van der Waals surface area contributed by atoms with Crippen LogP contribution < -0.4 is 10.6 Å². The van der Waals surface area contributed by atoms with Gasteiger partial charge in [-0.05, 0) is 24.6 Å². The average molecular weight is 412 g/mol. The minimum atomic E-state index is -4.55. The van der Waals surface area contributed by atoms with Crippen molar-refractivity contribution in [1.29, 1.82) is 0 Å². The maximum absolute atomic E-state index is 12.8. The lowest BCUT2D eigenvalue weighted by Crippen LogP contribution is -2.49. The highest BCUT2D eigenvalue weighted by molar-refractivity contribution is 6.68. The summed E-state index contributed by atoms with van der Waals surface area (Å²) in [4.78, 5) is 11.7. The van der Waals surface area contributed by atoms with Gasteiger partial charge in [-0.2, -0.15) is 13.2 Å². The number of nitrogens with one attached hydrogen (secondary N) is 2. The molecule has 130 valence electrons. The van der Waals surface area contributed by atoms with E-state index >= 15 is 0 Å². The van der Waals surface area contributed by atoms with E-state index in [1.54, 1.807) is 6.92 Å². The van der Waals surface area contributed by atoms with Gasteiger partial charge in [-0.25, -0.2) is 0 Å². The Bertz CT molecular complexity index is 561. The van der Waals surface area contributed by atoms with Crippen LogP contribution in [0.4, 0.5) is 18.9 Å². The maximum Gasteiger partial charge on any atom is 0.416 e. The number of hydrogen-bond donors (Lipinski definition) is 2. The highest BCUT2D eigenvalue weighted by atomic mass is 35.6. The van der Waals surface area contributed by atoms with Crippen molar-refractivity contribution in [2.45, 2.75) is 35.9 Å². The fraction of sp³-hybridized carbons (Fsp3) is 0.462. The van der Waals surface area contributed by atoms with Crippen LogP contribution in [-0.2, 0) is 11.0 Å². The minimum Gasteiger partial charge on any atom is -0.361 e. The summed E-state index contributed by atoms with van der Waals surface area (Å²) in [6, 6.07) is 2.67. The number of anilines is 1. The van der Waals surface area contributed by atoms with Gasteiger partial charge in [-0.3, -0.25) is 4.79 Å². The molecule has 3 nitrogen and oxygen atoms in total. The van der Waals surface area contributed by atoms with Gasteiger partial charge >= 0.3 is 6.18 Å². The van der Waals surface area contributed by atoms with Crippen LogP contribution in [0, 0.1) is 0 Å². The maximum atomic E-state index is 12.8. The van der Waals surface area contributed by atoms with E-state index in [1.807, 2.05) is 0 Å². The van der Waals surface area contributed by atoms with E-state index in [2.05, 4.69) is 10.6 Å². The van der Waals surface area contributed by atoms with Crippen molar-refractivity contribution >= 4 is 58.0 Å². The molecule has 23 heavy (non-hydrogen) atoms. The van der Waals surface area contributed by atoms with Crippen LogP contribution in [0.3, 0.4) is 0 Å². The summed E-state index contributed by atoms with van der Waals surface area (Å²) in [5.74, 6) is -0.417. The monoisotopic (exact) mass is 410 g/mol. The molecule has 0 bridgehead atoms. The molecule has 0 radical (unpaired) electrons. The van der Waals surface area contributed by atoms with Gasteiger partial charge in [-0.15, -0.1) is 0 Å². The Hall–Kier alpha value is -0.560. The van der Waals surface area contributed by atoms with Gasteiger partial charge in [0.05, 0.1) is 16.3 Å². The van der Waals surface area contributed by atoms with Gasteiger partial charge in [0.1, 0.15) is 6.17 Å². The first-order valence-electron chi connectivity index (χ1n) is 6.44. The van der Waals surface area contributed by atoms with Crippen LogP contribution in [0.5, 0.6) is 0 Å². The second-order valence-electron chi connectivity index (χ2n) is 4.63. The molecular formula is C13H13Cl4F3N2O. The second kappa shape index (κ2) is 8.01. The summed E-state index contributed by atoms with van der Waals surface area (Å²) in [5, 5.41) is 4.92. The highest BCUT2D eigenvalue weighted by Crippen LogP contribution is 2.36. The number of benzene rings is 1. The molecule has 0 aromatic heterocycles. The van der Waals surface area contributed by atoms with E-state index in [4.69, 9.17) is 46.4 Å². The molecule has 0 aliphatic rings. The molecule has 0 saturated heterocycles. The lowest BCUT2D eigenvalue weighted by atomic mass is 10.2. The number of alkyl halides is 6. The molecule has 1 atom stereocenters. The van der Waals surface area contributed by atoms with Crippen molar-refractivity contribution in [2.24, 2.45) is 0 Å². The largest absolute Gasteiger partial charge is 0.416 e. The number of carbonyl (C=O) groups is 1. The van der Waals surface area contributed by atoms with Gasteiger partial charge in [-0.1, -0.05) is 53.3 Å². The van der Waals surface area contributed by atoms with E-state index < -0.39 is 27.6 Å². The third-order valence-electron chi connectivity index (χ3n) is 2.70. The molecular weight excluding hydrogens is 399 g/mol. The zero-order valence-electron chi connectivity index (χ0n) is 11.8. The van der Waals surface area contributed by atoms with Crippen LogP contribution in [0.25, 0.3) is 0 Å². The summed E-state index contributed by atoms with van der Waals surface area (Å²) in [6.07, 6.45) is -5.08. The molecule has 0 fully saturated rings. The van der Waals surface area contributed by atoms with Crippen molar-refractivity contribution in [3.8, 4) is 0 Å². The molecule has 0 saturated carbocycles. The van der Waals surface area contributed by atoms with Crippen LogP contribution in [-0.4, -0.2) is 15.9 Å². The summed E-state index contributed by atoms with van der Waals surface area (Å²) in [6.45, 7) is 1.78. The molecule has 0 aliphatic carbocycles. The van der Waals surface area contributed by atoms with Gasteiger partial charge in [0, 0.05) is 6.42 Å². The van der Waals surface area contributed by atoms with Crippen molar-refractivity contribution in [2.75, 3.05) is 5.32 Å². The molecule has 1 aromatic rings. The predicted octanol–water partition coefficient (Wildman–Crippen LogP) is 5.38. The fourth-order valence-corrected chi connectivity index (χ4v) is 2.13. The van der Waals surface area contributed by atoms with Gasteiger partial charge < -0.3 is 10.6 Å². The lowest BCUT2D eigenvalue weighted by molar-refractivity contribution is -0.137. The summed E-state index contributed by atoms with van der Waals surface area (Å²) < 4.78 is 36.3. The number of hydrogen-bond acceptors (Lipinski definition) is 2. The van der Waals surface area contributed by atoms with Crippen molar-refractivity contribution in [3.63, 3.8) is 0 Å². The Morgan fingerprint density at radius 3 is 2.35 bits per heavy atom. The third-order valence-corrected chi connectivity index (χ3v) is 3.69. The summed E-state index contributed by atoms with van der Waals surface area (Å²) in [5.41, 5.74) is -1.04. The van der Waals surface area contributed by atoms with Gasteiger partial charge in [0.2, 0.25) is 9.70 Å². The number of rotatable bonds is 5. The number of carbonyl (C=O) groups excluding carboxylic acids is 1. The highest BCUT2D eigenvalue weighted by Gasteiger charge is 2.35. The van der Waals surface area contributed by atoms with E-state index in [9.17, 15) is 18.0 Å². The molecule has 10 heteroatoms. The van der Waals surface area contributed by atoms with Crippen LogP contribution in [0.1, 0.15) is 25.3 Å². The quantitative estimate of drug-likeness (QED) is 0.504. The molecule has 2 N–H and O–H groups in total. The summed E-state index contributed by atoms with van der Waals surface area (Å²) in [7, 11) is 0. The molecule has 1 rings (SSSR count). The van der Waals surface area contributed by atoms with Crippen LogP contribution in [0.15, 0.2) is 18.2 Å². The molecule has 0 heterocycles. The van der Waals surface area contributed by atoms with E-state index in [1.165, 1.54) is 0 Å². The summed E-state index contributed by atoms with van der Waals surface area (Å²) >= 11 is 23.2. The SMILES string of the molecule is CCCC(=O)N[C@@H](Nc1cc(C(F)(F)F)ccc1Cl)C(Cl)(Cl)Cl. The molecule has 0 spiro atoms. The Balaban J connectivity index is 3.06. The lowest BCUT2D eigenvalue weighted by Gasteiger charge is -2.28. The van der Waals surface area contributed by atoms with E-state index in [0.717, 1.165) is 18.2 Å². The normalized spacial score (nSPS) is 13.6. The average Bonchev–Trinajstić information content (AvgIpc) is 2.38. The van der Waals surface area contributed by atoms with Crippen LogP contribution in [0.2, 0.25) is 5.02 Å². The van der Waals surface area contributed by atoms with Gasteiger partial charge in [0.15, 0.2) is 0 Å². The third kappa shape index (κ3) is 6.45. The Morgan fingerprint density at radius 1 is 1.26 bits per heavy atom. The Morgan fingerprint density at radius 2 is 1.87 bits per heavy atom. The second-order valence-corrected chi connectivity index (χ2v) is 7.41. The van der Waals surface area contributed by atoms with Crippen LogP contribution >= 0.6 is 46.4 Å². The topological polar surface area (TPSA) is 41.1 Å². The molecule has 0 unspecified atom stereocenters. The minimum absolute atomic E-state index is 0.0120. The first-order chi connectivity index (χ1) is 10.4. The molecule has 0 aliphatic heterocycles. The van der Waals surface area contributed by atoms with Crippen molar-refractivity contribution < 1.29 is 18.0 Å². The van der Waals surface area contributed by atoms with Crippen molar-refractivity contribution in [1.82, 2.24) is 5.32 Å².